The minimum Gasteiger partial charge on any atom is -0.459 e. The molecule has 1 aliphatic rings. The van der Waals surface area contributed by atoms with Crippen LogP contribution in [0.3, 0.4) is 0 Å². The first-order valence-corrected chi connectivity index (χ1v) is 5.50. The highest BCUT2D eigenvalue weighted by Gasteiger charge is 2.20. The molecule has 0 aliphatic carbocycles. The Hall–Kier alpha value is -1.16. The maximum absolute atomic E-state index is 11.6. The molecule has 0 amide bonds. The second-order valence-corrected chi connectivity index (χ2v) is 4.95. The van der Waals surface area contributed by atoms with Crippen molar-refractivity contribution < 1.29 is 14.3 Å². The topological polar surface area (TPSA) is 46.6 Å². The van der Waals surface area contributed by atoms with Crippen LogP contribution in [0.2, 0.25) is 0 Å². The Kier molecular flexibility index (Phi) is 4.24. The first kappa shape index (κ1) is 12.9. The van der Waals surface area contributed by atoms with E-state index in [0.29, 0.717) is 6.54 Å². The summed E-state index contributed by atoms with van der Waals surface area (Å²) < 4.78 is 5.20. The van der Waals surface area contributed by atoms with Gasteiger partial charge in [0.15, 0.2) is 5.78 Å². The van der Waals surface area contributed by atoms with Crippen molar-refractivity contribution >= 4 is 11.8 Å². The fourth-order valence-electron chi connectivity index (χ4n) is 1.52. The van der Waals surface area contributed by atoms with E-state index in [9.17, 15) is 9.59 Å². The van der Waals surface area contributed by atoms with Gasteiger partial charge in [0.05, 0.1) is 13.1 Å². The number of rotatable bonds is 2. The third-order valence-corrected chi connectivity index (χ3v) is 2.07. The number of carbonyl (C=O) groups is 2. The van der Waals surface area contributed by atoms with Crippen molar-refractivity contribution in [1.29, 1.82) is 0 Å². The van der Waals surface area contributed by atoms with Crippen LogP contribution in [0.5, 0.6) is 0 Å². The highest BCUT2D eigenvalue weighted by atomic mass is 16.6. The van der Waals surface area contributed by atoms with Crippen molar-refractivity contribution in [2.75, 3.05) is 19.6 Å². The fourth-order valence-corrected chi connectivity index (χ4v) is 1.52. The standard InChI is InChI=1S/C12H19NO3/c1-12(2,3)16-11(15)9-13-7-5-4-6-10(14)8-13/h4,6H,5,7-9H2,1-3H3. The van der Waals surface area contributed by atoms with Gasteiger partial charge in [0, 0.05) is 6.54 Å². The van der Waals surface area contributed by atoms with Gasteiger partial charge < -0.3 is 4.74 Å². The first-order chi connectivity index (χ1) is 7.37. The SMILES string of the molecule is CC(C)(C)OC(=O)CN1CCC=CC(=O)C1. The summed E-state index contributed by atoms with van der Waals surface area (Å²) in [6.07, 6.45) is 4.22. The van der Waals surface area contributed by atoms with Gasteiger partial charge in [-0.25, -0.2) is 0 Å². The van der Waals surface area contributed by atoms with Crippen LogP contribution in [-0.4, -0.2) is 41.9 Å². The summed E-state index contributed by atoms with van der Waals surface area (Å²) in [7, 11) is 0. The fraction of sp³-hybridized carbons (Fsp3) is 0.667. The zero-order valence-electron chi connectivity index (χ0n) is 10.2. The van der Waals surface area contributed by atoms with Crippen LogP contribution in [-0.2, 0) is 14.3 Å². The van der Waals surface area contributed by atoms with E-state index in [2.05, 4.69) is 0 Å². The maximum atomic E-state index is 11.6. The summed E-state index contributed by atoms with van der Waals surface area (Å²) in [6, 6.07) is 0. The lowest BCUT2D eigenvalue weighted by atomic mass is 10.2. The van der Waals surface area contributed by atoms with Crippen molar-refractivity contribution in [3.05, 3.63) is 12.2 Å². The summed E-state index contributed by atoms with van der Waals surface area (Å²) in [5, 5.41) is 0. The van der Waals surface area contributed by atoms with Crippen LogP contribution in [0.25, 0.3) is 0 Å². The summed E-state index contributed by atoms with van der Waals surface area (Å²) in [5.41, 5.74) is -0.467. The minimum atomic E-state index is -0.467. The quantitative estimate of drug-likeness (QED) is 0.662. The third kappa shape index (κ3) is 5.07. The van der Waals surface area contributed by atoms with Crippen LogP contribution < -0.4 is 0 Å². The van der Waals surface area contributed by atoms with Gasteiger partial charge in [0.25, 0.3) is 0 Å². The molecule has 90 valence electrons. The number of ketones is 1. The van der Waals surface area contributed by atoms with E-state index in [1.54, 1.807) is 6.08 Å². The van der Waals surface area contributed by atoms with Gasteiger partial charge >= 0.3 is 5.97 Å². The molecule has 0 spiro atoms. The van der Waals surface area contributed by atoms with Gasteiger partial charge in [-0.1, -0.05) is 6.08 Å². The van der Waals surface area contributed by atoms with Crippen LogP contribution in [0, 0.1) is 0 Å². The Bertz CT molecular complexity index is 302. The van der Waals surface area contributed by atoms with Crippen molar-refractivity contribution in [3.63, 3.8) is 0 Å². The minimum absolute atomic E-state index is 0.0426. The van der Waals surface area contributed by atoms with Crippen molar-refractivity contribution in [2.45, 2.75) is 32.8 Å². The largest absolute Gasteiger partial charge is 0.459 e. The van der Waals surface area contributed by atoms with Gasteiger partial charge in [-0.2, -0.15) is 0 Å². The van der Waals surface area contributed by atoms with E-state index in [0.717, 1.165) is 13.0 Å². The molecule has 0 unspecified atom stereocenters. The molecule has 0 saturated heterocycles. The number of ether oxygens (including phenoxy) is 1. The monoisotopic (exact) mass is 225 g/mol. The Morgan fingerprint density at radius 3 is 2.81 bits per heavy atom. The Morgan fingerprint density at radius 1 is 1.50 bits per heavy atom. The molecular formula is C12H19NO3. The predicted octanol–water partition coefficient (Wildman–Crippen LogP) is 1.16. The Balaban J connectivity index is 2.42. The van der Waals surface area contributed by atoms with Gasteiger partial charge in [-0.15, -0.1) is 0 Å². The van der Waals surface area contributed by atoms with E-state index in [-0.39, 0.29) is 18.3 Å². The number of hydrogen-bond acceptors (Lipinski definition) is 4. The molecule has 0 bridgehead atoms. The first-order valence-electron chi connectivity index (χ1n) is 5.50. The van der Waals surface area contributed by atoms with Crippen LogP contribution in [0.15, 0.2) is 12.2 Å². The third-order valence-electron chi connectivity index (χ3n) is 2.07. The molecule has 1 heterocycles. The molecule has 0 atom stereocenters. The zero-order valence-corrected chi connectivity index (χ0v) is 10.2. The van der Waals surface area contributed by atoms with Crippen LogP contribution in [0.1, 0.15) is 27.2 Å². The molecule has 4 nitrogen and oxygen atoms in total. The molecule has 0 fully saturated rings. The van der Waals surface area contributed by atoms with Gasteiger partial charge in [-0.3, -0.25) is 14.5 Å². The highest BCUT2D eigenvalue weighted by molar-refractivity contribution is 5.91. The summed E-state index contributed by atoms with van der Waals surface area (Å²) in [5.74, 6) is -0.233. The van der Waals surface area contributed by atoms with E-state index < -0.39 is 5.60 Å². The molecule has 16 heavy (non-hydrogen) atoms. The Labute approximate surface area is 96.3 Å². The number of hydrogen-bond donors (Lipinski definition) is 0. The van der Waals surface area contributed by atoms with Gasteiger partial charge in [0.1, 0.15) is 5.60 Å². The molecule has 0 aromatic rings. The molecule has 4 heteroatoms. The zero-order chi connectivity index (χ0) is 12.2. The number of carbonyl (C=O) groups excluding carboxylic acids is 2. The van der Waals surface area contributed by atoms with Crippen molar-refractivity contribution in [3.8, 4) is 0 Å². The lowest BCUT2D eigenvalue weighted by molar-refractivity contribution is -0.156. The van der Waals surface area contributed by atoms with Crippen LogP contribution >= 0.6 is 0 Å². The molecular weight excluding hydrogens is 206 g/mol. The molecule has 1 aliphatic heterocycles. The smallest absolute Gasteiger partial charge is 0.320 e. The van der Waals surface area contributed by atoms with E-state index in [1.165, 1.54) is 0 Å². The normalized spacial score (nSPS) is 18.3. The second kappa shape index (κ2) is 5.25. The predicted molar refractivity (Wildman–Crippen MR) is 61.0 cm³/mol. The van der Waals surface area contributed by atoms with Crippen molar-refractivity contribution in [2.24, 2.45) is 0 Å². The maximum Gasteiger partial charge on any atom is 0.320 e. The lowest BCUT2D eigenvalue weighted by Crippen LogP contribution is -2.37. The summed E-state index contributed by atoms with van der Waals surface area (Å²) in [4.78, 5) is 24.6. The van der Waals surface area contributed by atoms with E-state index >= 15 is 0 Å². The van der Waals surface area contributed by atoms with Gasteiger partial charge in [-0.05, 0) is 33.3 Å². The number of esters is 1. The van der Waals surface area contributed by atoms with Crippen molar-refractivity contribution in [1.82, 2.24) is 4.90 Å². The summed E-state index contributed by atoms with van der Waals surface area (Å²) >= 11 is 0. The van der Waals surface area contributed by atoms with E-state index in [4.69, 9.17) is 4.74 Å². The molecule has 0 N–H and O–H groups in total. The number of nitrogens with zero attached hydrogens (tertiary/aromatic N) is 1. The average molecular weight is 225 g/mol. The molecule has 0 saturated carbocycles. The lowest BCUT2D eigenvalue weighted by Gasteiger charge is -2.23. The molecule has 1 rings (SSSR count). The molecule has 0 aromatic heterocycles. The molecule has 0 radical (unpaired) electrons. The second-order valence-electron chi connectivity index (χ2n) is 4.95. The highest BCUT2D eigenvalue weighted by Crippen LogP contribution is 2.08. The van der Waals surface area contributed by atoms with Gasteiger partial charge in [0.2, 0.25) is 0 Å². The summed E-state index contributed by atoms with van der Waals surface area (Å²) in [6.45, 7) is 6.71. The van der Waals surface area contributed by atoms with E-state index in [1.807, 2.05) is 31.7 Å². The molecule has 0 aromatic carbocycles. The van der Waals surface area contributed by atoms with Crippen LogP contribution in [0.4, 0.5) is 0 Å². The Morgan fingerprint density at radius 2 is 2.19 bits per heavy atom. The average Bonchev–Trinajstić information content (AvgIpc) is 2.26.